The van der Waals surface area contributed by atoms with E-state index in [1.165, 1.54) is 0 Å². The van der Waals surface area contributed by atoms with Crippen LogP contribution in [-0.2, 0) is 0 Å². The highest BCUT2D eigenvalue weighted by molar-refractivity contribution is 6.25. The molecule has 8 aromatic rings. The molecule has 0 N–H and O–H groups in total. The molecule has 238 valence electrons. The minimum Gasteiger partial charge on any atom is -0.248 e. The van der Waals surface area contributed by atoms with Crippen LogP contribution >= 0.6 is 0 Å². The van der Waals surface area contributed by atoms with Crippen LogP contribution in [0.15, 0.2) is 115 Å². The monoisotopic (exact) mass is 664 g/mol. The zero-order valence-corrected chi connectivity index (χ0v) is 26.3. The second-order valence-electron chi connectivity index (χ2n) is 11.7. The maximum atomic E-state index is 14.0. The SMILES string of the molecule is [C-]#[N+]c1ccc(-c2nc3cc([N+]#[C-])c4c(-c5ccc(-c6cc(F)c(F)c(F)c6)cc5)nc5ccccc5c4c3nc2-c2ccc(C#N)cc2)cc1. The lowest BCUT2D eigenvalue weighted by Gasteiger charge is -2.16. The molecule has 0 atom stereocenters. The largest absolute Gasteiger partial charge is 0.248 e. The van der Waals surface area contributed by atoms with Crippen molar-refractivity contribution in [2.24, 2.45) is 0 Å². The molecule has 9 heteroatoms. The van der Waals surface area contributed by atoms with E-state index in [1.54, 1.807) is 54.6 Å². The molecule has 2 aromatic heterocycles. The van der Waals surface area contributed by atoms with Crippen molar-refractivity contribution >= 4 is 44.1 Å². The number of hydrogen-bond acceptors (Lipinski definition) is 4. The zero-order valence-electron chi connectivity index (χ0n) is 26.3. The third-order valence-electron chi connectivity index (χ3n) is 8.73. The van der Waals surface area contributed by atoms with Crippen LogP contribution in [-0.4, -0.2) is 15.0 Å². The molecule has 0 bridgehead atoms. The van der Waals surface area contributed by atoms with Crippen molar-refractivity contribution in [3.8, 4) is 51.0 Å². The van der Waals surface area contributed by atoms with Crippen molar-refractivity contribution in [3.05, 3.63) is 161 Å². The number of para-hydroxylation sites is 1. The number of hydrogen-bond donors (Lipinski definition) is 0. The number of pyridine rings is 1. The summed E-state index contributed by atoms with van der Waals surface area (Å²) in [5.74, 6) is -4.10. The van der Waals surface area contributed by atoms with Crippen molar-refractivity contribution in [1.82, 2.24) is 15.0 Å². The Morgan fingerprint density at radius 3 is 1.76 bits per heavy atom. The van der Waals surface area contributed by atoms with E-state index in [-0.39, 0.29) is 5.56 Å². The van der Waals surface area contributed by atoms with Crippen molar-refractivity contribution < 1.29 is 13.2 Å². The lowest BCUT2D eigenvalue weighted by atomic mass is 9.95. The summed E-state index contributed by atoms with van der Waals surface area (Å²) in [4.78, 5) is 22.8. The summed E-state index contributed by atoms with van der Waals surface area (Å²) in [6.45, 7) is 15.6. The van der Waals surface area contributed by atoms with E-state index >= 15 is 0 Å². The molecular weight excluding hydrogens is 645 g/mol. The number of halogens is 3. The van der Waals surface area contributed by atoms with E-state index in [4.69, 9.17) is 28.1 Å². The highest BCUT2D eigenvalue weighted by Gasteiger charge is 2.22. The third-order valence-corrected chi connectivity index (χ3v) is 8.73. The van der Waals surface area contributed by atoms with Crippen LogP contribution in [0.2, 0.25) is 0 Å². The Balaban J connectivity index is 1.42. The van der Waals surface area contributed by atoms with Gasteiger partial charge >= 0.3 is 0 Å². The first-order chi connectivity index (χ1) is 24.9. The standard InChI is InChI=1S/C42H19F3N6/c1-47-29-17-15-27(16-18-29)40-41(26-9-7-23(22-46)8-10-26)51-42-35(50-40)21-34(48-2)37-36(42)30-5-3-4-6-33(30)49-39(37)25-13-11-24(12-14-25)28-19-31(43)38(45)32(44)20-28/h3-21H. The molecule has 0 spiro atoms. The molecule has 0 saturated heterocycles. The Kier molecular flexibility index (Phi) is 7.41. The molecule has 0 aliphatic heterocycles. The smallest absolute Gasteiger partial charge is 0.199 e. The minimum atomic E-state index is -1.53. The van der Waals surface area contributed by atoms with Gasteiger partial charge in [0, 0.05) is 21.7 Å². The quantitative estimate of drug-likeness (QED) is 0.107. The van der Waals surface area contributed by atoms with Crippen molar-refractivity contribution in [2.45, 2.75) is 0 Å². The Hall–Kier alpha value is -7.41. The van der Waals surface area contributed by atoms with Gasteiger partial charge in [-0.1, -0.05) is 78.9 Å². The van der Waals surface area contributed by atoms with Crippen LogP contribution in [0.1, 0.15) is 5.56 Å². The summed E-state index contributed by atoms with van der Waals surface area (Å²) in [6.07, 6.45) is 0. The fourth-order valence-electron chi connectivity index (χ4n) is 6.28. The van der Waals surface area contributed by atoms with Gasteiger partial charge in [-0.2, -0.15) is 5.26 Å². The summed E-state index contributed by atoms with van der Waals surface area (Å²) in [5, 5.41) is 11.4. The van der Waals surface area contributed by atoms with Crippen LogP contribution in [0.5, 0.6) is 0 Å². The molecular formula is C42H19F3N6. The first-order valence-electron chi connectivity index (χ1n) is 15.6. The van der Waals surface area contributed by atoms with Crippen molar-refractivity contribution in [3.63, 3.8) is 0 Å². The van der Waals surface area contributed by atoms with E-state index in [9.17, 15) is 18.4 Å². The fraction of sp³-hybridized carbons (Fsp3) is 0. The summed E-state index contributed by atoms with van der Waals surface area (Å²) in [7, 11) is 0. The van der Waals surface area contributed by atoms with Gasteiger partial charge in [-0.05, 0) is 58.7 Å². The number of rotatable bonds is 4. The number of fused-ring (bicyclic) bond motifs is 5. The zero-order chi connectivity index (χ0) is 35.2. The van der Waals surface area contributed by atoms with Crippen LogP contribution in [0.3, 0.4) is 0 Å². The highest BCUT2D eigenvalue weighted by Crippen LogP contribution is 2.44. The van der Waals surface area contributed by atoms with Crippen molar-refractivity contribution in [1.29, 1.82) is 5.26 Å². The van der Waals surface area contributed by atoms with Crippen LogP contribution in [0, 0.1) is 41.9 Å². The fourth-order valence-corrected chi connectivity index (χ4v) is 6.28. The predicted molar refractivity (Wildman–Crippen MR) is 191 cm³/mol. The maximum Gasteiger partial charge on any atom is 0.199 e. The predicted octanol–water partition coefficient (Wildman–Crippen LogP) is 11.4. The third kappa shape index (κ3) is 5.25. The average molecular weight is 665 g/mol. The molecule has 0 amide bonds. The van der Waals surface area contributed by atoms with Crippen LogP contribution < -0.4 is 0 Å². The maximum absolute atomic E-state index is 14.0. The highest BCUT2D eigenvalue weighted by atomic mass is 19.2. The van der Waals surface area contributed by atoms with Gasteiger partial charge in [0.25, 0.3) is 0 Å². The molecule has 51 heavy (non-hydrogen) atoms. The summed E-state index contributed by atoms with van der Waals surface area (Å²) in [5.41, 5.74) is 7.24. The molecule has 6 aromatic carbocycles. The van der Waals surface area contributed by atoms with E-state index in [0.717, 1.165) is 28.6 Å². The second-order valence-corrected chi connectivity index (χ2v) is 11.7. The van der Waals surface area contributed by atoms with E-state index < -0.39 is 17.5 Å². The molecule has 0 aliphatic rings. The van der Waals surface area contributed by atoms with Gasteiger partial charge in [0.1, 0.15) is 0 Å². The van der Waals surface area contributed by atoms with Gasteiger partial charge in [-0.25, -0.2) is 37.8 Å². The molecule has 6 nitrogen and oxygen atoms in total. The summed E-state index contributed by atoms with van der Waals surface area (Å²) < 4.78 is 41.7. The van der Waals surface area contributed by atoms with Gasteiger partial charge in [-0.3, -0.25) is 0 Å². The van der Waals surface area contributed by atoms with Crippen LogP contribution in [0.4, 0.5) is 24.5 Å². The molecule has 2 heterocycles. The molecule has 8 rings (SSSR count). The van der Waals surface area contributed by atoms with Gasteiger partial charge in [0.05, 0.1) is 58.4 Å². The lowest BCUT2D eigenvalue weighted by Crippen LogP contribution is -1.98. The minimum absolute atomic E-state index is 0.173. The van der Waals surface area contributed by atoms with Gasteiger partial charge in [-0.15, -0.1) is 0 Å². The molecule has 0 radical (unpaired) electrons. The Labute approximate surface area is 289 Å². The molecule has 0 aliphatic carbocycles. The Morgan fingerprint density at radius 2 is 1.12 bits per heavy atom. The molecule has 0 unspecified atom stereocenters. The van der Waals surface area contributed by atoms with Crippen molar-refractivity contribution in [2.75, 3.05) is 0 Å². The first kappa shape index (κ1) is 30.9. The van der Waals surface area contributed by atoms with E-state index in [0.29, 0.717) is 72.5 Å². The number of aromatic nitrogens is 3. The van der Waals surface area contributed by atoms with E-state index in [1.807, 2.05) is 48.5 Å². The normalized spacial score (nSPS) is 11.0. The van der Waals surface area contributed by atoms with Gasteiger partial charge in [0.2, 0.25) is 0 Å². The summed E-state index contributed by atoms with van der Waals surface area (Å²) in [6, 6.07) is 34.2. The Bertz CT molecular complexity index is 2820. The average Bonchev–Trinajstić information content (AvgIpc) is 3.18. The first-order valence-corrected chi connectivity index (χ1v) is 15.6. The second kappa shape index (κ2) is 12.2. The lowest BCUT2D eigenvalue weighted by molar-refractivity contribution is 0.448. The topological polar surface area (TPSA) is 71.2 Å². The van der Waals surface area contributed by atoms with E-state index in [2.05, 4.69) is 15.8 Å². The van der Waals surface area contributed by atoms with Gasteiger partial charge < -0.3 is 0 Å². The number of nitrogens with zero attached hydrogens (tertiary/aromatic N) is 6. The summed E-state index contributed by atoms with van der Waals surface area (Å²) >= 11 is 0. The van der Waals surface area contributed by atoms with Crippen LogP contribution in [0.25, 0.3) is 87.3 Å². The molecule has 0 saturated carbocycles. The Morgan fingerprint density at radius 1 is 0.549 bits per heavy atom. The van der Waals surface area contributed by atoms with Gasteiger partial charge in [0.15, 0.2) is 28.8 Å². The number of nitriles is 1. The number of benzene rings is 6. The molecule has 0 fully saturated rings.